The van der Waals surface area contributed by atoms with Gasteiger partial charge in [0.1, 0.15) is 0 Å². The topological polar surface area (TPSA) is 24.9 Å². The third kappa shape index (κ3) is 5.83. The van der Waals surface area contributed by atoms with Crippen molar-refractivity contribution in [2.75, 3.05) is 0 Å². The molecule has 1 aromatic rings. The minimum atomic E-state index is 0.393. The second-order valence-electron chi connectivity index (χ2n) is 4.93. The van der Waals surface area contributed by atoms with Gasteiger partial charge in [-0.1, -0.05) is 38.7 Å². The maximum absolute atomic E-state index is 4.16. The Morgan fingerprint density at radius 1 is 1.24 bits per heavy atom. The Morgan fingerprint density at radius 3 is 2.71 bits per heavy atom. The van der Waals surface area contributed by atoms with Crippen LogP contribution in [0.4, 0.5) is 0 Å². The maximum atomic E-state index is 4.16. The van der Waals surface area contributed by atoms with Crippen molar-refractivity contribution in [3.8, 4) is 0 Å². The van der Waals surface area contributed by atoms with Gasteiger partial charge in [0.2, 0.25) is 0 Å². The number of rotatable bonds is 8. The number of pyridine rings is 1. The summed E-state index contributed by atoms with van der Waals surface area (Å²) in [5.74, 6) is 0. The predicted octanol–water partition coefficient (Wildman–Crippen LogP) is 4.09. The van der Waals surface area contributed by atoms with E-state index in [1.165, 1.54) is 37.7 Å². The highest BCUT2D eigenvalue weighted by Crippen LogP contribution is 2.13. The second-order valence-corrected chi connectivity index (χ2v) is 4.93. The fraction of sp³-hybridized carbons (Fsp3) is 0.667. The van der Waals surface area contributed by atoms with Crippen LogP contribution in [-0.4, -0.2) is 11.0 Å². The quantitative estimate of drug-likeness (QED) is 0.685. The minimum absolute atomic E-state index is 0.393. The smallest absolute Gasteiger partial charge is 0.0315 e. The van der Waals surface area contributed by atoms with Crippen LogP contribution in [0.2, 0.25) is 0 Å². The van der Waals surface area contributed by atoms with Crippen molar-refractivity contribution in [1.29, 1.82) is 0 Å². The van der Waals surface area contributed by atoms with Crippen LogP contribution in [0.3, 0.4) is 0 Å². The number of aromatic nitrogens is 1. The van der Waals surface area contributed by atoms with E-state index in [4.69, 9.17) is 0 Å². The number of nitrogens with zero attached hydrogens (tertiary/aromatic N) is 1. The van der Waals surface area contributed by atoms with Crippen molar-refractivity contribution < 1.29 is 0 Å². The van der Waals surface area contributed by atoms with Gasteiger partial charge in [0.05, 0.1) is 0 Å². The molecular weight excluding hydrogens is 208 g/mol. The molecule has 0 bridgehead atoms. The summed E-state index contributed by atoms with van der Waals surface area (Å²) in [6.07, 6.45) is 10.4. The first-order valence-electron chi connectivity index (χ1n) is 6.90. The highest BCUT2D eigenvalue weighted by Gasteiger charge is 2.08. The highest BCUT2D eigenvalue weighted by atomic mass is 14.9. The lowest BCUT2D eigenvalue weighted by Gasteiger charge is -2.20. The van der Waals surface area contributed by atoms with E-state index in [0.717, 1.165) is 0 Å². The van der Waals surface area contributed by atoms with Crippen molar-refractivity contribution in [2.24, 2.45) is 0 Å². The molecule has 0 aromatic carbocycles. The molecule has 17 heavy (non-hydrogen) atoms. The molecule has 0 radical (unpaired) electrons. The lowest BCUT2D eigenvalue weighted by atomic mass is 10.1. The Kier molecular flexibility index (Phi) is 6.87. The van der Waals surface area contributed by atoms with Crippen molar-refractivity contribution in [2.45, 2.75) is 65.0 Å². The van der Waals surface area contributed by atoms with Crippen LogP contribution in [0.5, 0.6) is 0 Å². The van der Waals surface area contributed by atoms with Gasteiger partial charge in [-0.2, -0.15) is 0 Å². The standard InChI is InChI=1S/C15H26N2/c1-4-5-6-7-9-13(2)17-14(3)15-10-8-11-16-12-15/h8,10-14,17H,4-7,9H2,1-3H3/t13?,14-/m1/s1. The summed E-state index contributed by atoms with van der Waals surface area (Å²) in [7, 11) is 0. The first-order valence-corrected chi connectivity index (χ1v) is 6.90. The molecule has 2 atom stereocenters. The summed E-state index contributed by atoms with van der Waals surface area (Å²) < 4.78 is 0. The minimum Gasteiger partial charge on any atom is -0.308 e. The van der Waals surface area contributed by atoms with E-state index in [1.807, 2.05) is 18.5 Å². The van der Waals surface area contributed by atoms with Gasteiger partial charge in [-0.15, -0.1) is 0 Å². The van der Waals surface area contributed by atoms with Gasteiger partial charge in [0.25, 0.3) is 0 Å². The molecule has 1 aromatic heterocycles. The number of hydrogen-bond acceptors (Lipinski definition) is 2. The molecule has 2 nitrogen and oxygen atoms in total. The molecule has 0 aliphatic carbocycles. The van der Waals surface area contributed by atoms with E-state index in [0.29, 0.717) is 12.1 Å². The summed E-state index contributed by atoms with van der Waals surface area (Å²) in [5, 5.41) is 3.63. The summed E-state index contributed by atoms with van der Waals surface area (Å²) in [4.78, 5) is 4.16. The van der Waals surface area contributed by atoms with Crippen molar-refractivity contribution in [1.82, 2.24) is 10.3 Å². The van der Waals surface area contributed by atoms with Gasteiger partial charge >= 0.3 is 0 Å². The largest absolute Gasteiger partial charge is 0.308 e. The molecule has 1 rings (SSSR count). The zero-order valence-corrected chi connectivity index (χ0v) is 11.4. The van der Waals surface area contributed by atoms with Crippen molar-refractivity contribution in [3.05, 3.63) is 30.1 Å². The van der Waals surface area contributed by atoms with Crippen LogP contribution in [0.15, 0.2) is 24.5 Å². The van der Waals surface area contributed by atoms with Crippen LogP contribution in [0, 0.1) is 0 Å². The monoisotopic (exact) mass is 234 g/mol. The number of hydrogen-bond donors (Lipinski definition) is 1. The van der Waals surface area contributed by atoms with Crippen LogP contribution < -0.4 is 5.32 Å². The Bertz CT molecular complexity index is 284. The Morgan fingerprint density at radius 2 is 2.06 bits per heavy atom. The van der Waals surface area contributed by atoms with Crippen molar-refractivity contribution >= 4 is 0 Å². The van der Waals surface area contributed by atoms with E-state index >= 15 is 0 Å². The van der Waals surface area contributed by atoms with Crippen LogP contribution in [0.1, 0.15) is 64.5 Å². The first-order chi connectivity index (χ1) is 8.24. The Hall–Kier alpha value is -0.890. The highest BCUT2D eigenvalue weighted by molar-refractivity contribution is 5.12. The van der Waals surface area contributed by atoms with E-state index in [1.54, 1.807) is 0 Å². The zero-order chi connectivity index (χ0) is 12.5. The SMILES string of the molecule is CCCCCCC(C)N[C@H](C)c1cccnc1. The second kappa shape index (κ2) is 8.24. The summed E-state index contributed by atoms with van der Waals surface area (Å²) in [5.41, 5.74) is 1.27. The van der Waals surface area contributed by atoms with Gasteiger partial charge in [0, 0.05) is 24.5 Å². The van der Waals surface area contributed by atoms with Crippen LogP contribution in [0.25, 0.3) is 0 Å². The lowest BCUT2D eigenvalue weighted by molar-refractivity contribution is 0.437. The third-order valence-electron chi connectivity index (χ3n) is 3.21. The molecule has 0 saturated heterocycles. The van der Waals surface area contributed by atoms with Gasteiger partial charge < -0.3 is 5.32 Å². The average Bonchev–Trinajstić information content (AvgIpc) is 2.36. The molecule has 0 spiro atoms. The van der Waals surface area contributed by atoms with Crippen LogP contribution >= 0.6 is 0 Å². The Labute approximate surface area is 106 Å². The normalized spacial score (nSPS) is 14.5. The van der Waals surface area contributed by atoms with E-state index in [2.05, 4.69) is 37.1 Å². The molecule has 96 valence electrons. The van der Waals surface area contributed by atoms with Gasteiger partial charge in [-0.3, -0.25) is 4.98 Å². The molecule has 0 fully saturated rings. The molecule has 0 aliphatic heterocycles. The molecule has 0 aliphatic rings. The van der Waals surface area contributed by atoms with Gasteiger partial charge in [0.15, 0.2) is 0 Å². The third-order valence-corrected chi connectivity index (χ3v) is 3.21. The first kappa shape index (κ1) is 14.2. The molecular formula is C15H26N2. The molecule has 2 heteroatoms. The van der Waals surface area contributed by atoms with Gasteiger partial charge in [-0.05, 0) is 31.9 Å². The zero-order valence-electron chi connectivity index (χ0n) is 11.4. The summed E-state index contributed by atoms with van der Waals surface area (Å²) in [6.45, 7) is 6.74. The predicted molar refractivity (Wildman–Crippen MR) is 74.0 cm³/mol. The fourth-order valence-corrected chi connectivity index (χ4v) is 2.12. The fourth-order valence-electron chi connectivity index (χ4n) is 2.12. The summed E-state index contributed by atoms with van der Waals surface area (Å²) in [6, 6.07) is 5.11. The summed E-state index contributed by atoms with van der Waals surface area (Å²) >= 11 is 0. The number of unbranched alkanes of at least 4 members (excludes halogenated alkanes) is 3. The molecule has 0 amide bonds. The van der Waals surface area contributed by atoms with E-state index in [-0.39, 0.29) is 0 Å². The van der Waals surface area contributed by atoms with Crippen molar-refractivity contribution in [3.63, 3.8) is 0 Å². The lowest BCUT2D eigenvalue weighted by Crippen LogP contribution is -2.28. The van der Waals surface area contributed by atoms with E-state index in [9.17, 15) is 0 Å². The van der Waals surface area contributed by atoms with E-state index < -0.39 is 0 Å². The molecule has 1 unspecified atom stereocenters. The molecule has 0 saturated carbocycles. The Balaban J connectivity index is 2.24. The number of nitrogens with one attached hydrogen (secondary N) is 1. The average molecular weight is 234 g/mol. The van der Waals surface area contributed by atoms with Gasteiger partial charge in [-0.25, -0.2) is 0 Å². The molecule has 1 N–H and O–H groups in total. The van der Waals surface area contributed by atoms with Crippen LogP contribution in [-0.2, 0) is 0 Å². The molecule has 1 heterocycles. The maximum Gasteiger partial charge on any atom is 0.0315 e.